The van der Waals surface area contributed by atoms with E-state index in [4.69, 9.17) is 9.47 Å². The van der Waals surface area contributed by atoms with Gasteiger partial charge in [0, 0.05) is 30.8 Å². The van der Waals surface area contributed by atoms with Gasteiger partial charge in [-0.25, -0.2) is 17.8 Å². The molecule has 232 valence electrons. The number of thioether (sulfide) groups is 1. The molecule has 4 unspecified atom stereocenters. The van der Waals surface area contributed by atoms with Crippen LogP contribution in [0, 0.1) is 0 Å². The van der Waals surface area contributed by atoms with E-state index in [0.29, 0.717) is 10.9 Å². The number of aryl methyl sites for hydroxylation is 1. The van der Waals surface area contributed by atoms with E-state index in [1.54, 1.807) is 42.1 Å². The second-order valence-corrected chi connectivity index (χ2v) is 13.4. The van der Waals surface area contributed by atoms with Crippen molar-refractivity contribution in [3.63, 3.8) is 0 Å². The Kier molecular flexibility index (Phi) is 9.69. The zero-order valence-electron chi connectivity index (χ0n) is 24.5. The van der Waals surface area contributed by atoms with Gasteiger partial charge in [-0.2, -0.15) is 0 Å². The van der Waals surface area contributed by atoms with Crippen LogP contribution in [0.3, 0.4) is 0 Å². The highest BCUT2D eigenvalue weighted by atomic mass is 32.2. The molecule has 1 aliphatic rings. The third kappa shape index (κ3) is 7.33. The van der Waals surface area contributed by atoms with Crippen molar-refractivity contribution in [3.05, 3.63) is 137 Å². The normalized spacial score (nSPS) is 20.2. The second-order valence-electron chi connectivity index (χ2n) is 10.7. The van der Waals surface area contributed by atoms with Crippen molar-refractivity contribution < 1.29 is 23.0 Å². The lowest BCUT2D eigenvalue weighted by atomic mass is 9.84. The molecule has 0 amide bonds. The predicted octanol–water partition coefficient (Wildman–Crippen LogP) is 4.91. The Morgan fingerprint density at radius 1 is 0.822 bits per heavy atom. The third-order valence-electron chi connectivity index (χ3n) is 7.70. The molecule has 0 spiro atoms. The van der Waals surface area contributed by atoms with E-state index in [-0.39, 0.29) is 36.2 Å². The summed E-state index contributed by atoms with van der Waals surface area (Å²) >= 11 is 1.52. The summed E-state index contributed by atoms with van der Waals surface area (Å²) in [5.74, 6) is 0.417. The van der Waals surface area contributed by atoms with Crippen LogP contribution in [0.2, 0.25) is 0 Å². The number of aromatic nitrogens is 4. The van der Waals surface area contributed by atoms with Gasteiger partial charge in [0.05, 0.1) is 23.7 Å². The van der Waals surface area contributed by atoms with Gasteiger partial charge in [-0.3, -0.25) is 0 Å². The van der Waals surface area contributed by atoms with Crippen molar-refractivity contribution in [2.45, 2.75) is 47.6 Å². The van der Waals surface area contributed by atoms with E-state index in [2.05, 4.69) is 32.4 Å². The average molecular weight is 644 g/mol. The Bertz CT molecular complexity index is 1790. The summed E-state index contributed by atoms with van der Waals surface area (Å²) < 4.78 is 43.2. The maximum Gasteiger partial charge on any atom is 0.240 e. The van der Waals surface area contributed by atoms with Crippen LogP contribution in [0.5, 0.6) is 0 Å². The Labute approximate surface area is 266 Å². The van der Waals surface area contributed by atoms with Gasteiger partial charge in [0.1, 0.15) is 0 Å². The molecular formula is C33H33N5O5S2. The molecule has 0 aliphatic carbocycles. The molecule has 1 saturated heterocycles. The monoisotopic (exact) mass is 643 g/mol. The fraction of sp³-hybridized carbons (Fsp3) is 0.242. The van der Waals surface area contributed by atoms with Crippen molar-refractivity contribution in [1.29, 1.82) is 0 Å². The molecule has 6 rings (SSSR count). The molecule has 10 nitrogen and oxygen atoms in total. The van der Waals surface area contributed by atoms with Gasteiger partial charge in [-0.15, -0.1) is 5.10 Å². The lowest BCUT2D eigenvalue weighted by molar-refractivity contribution is -0.255. The van der Waals surface area contributed by atoms with Gasteiger partial charge in [-0.05, 0) is 44.8 Å². The first-order chi connectivity index (χ1) is 21.9. The largest absolute Gasteiger partial charge is 0.392 e. The summed E-state index contributed by atoms with van der Waals surface area (Å²) in [5.41, 5.74) is 4.48. The summed E-state index contributed by atoms with van der Waals surface area (Å²) in [4.78, 5) is 0.220. The first-order valence-corrected chi connectivity index (χ1v) is 16.9. The van der Waals surface area contributed by atoms with Crippen molar-refractivity contribution in [2.75, 3.05) is 5.75 Å². The minimum absolute atomic E-state index is 0.0431. The van der Waals surface area contributed by atoms with Gasteiger partial charge >= 0.3 is 0 Å². The van der Waals surface area contributed by atoms with E-state index >= 15 is 0 Å². The van der Waals surface area contributed by atoms with Gasteiger partial charge < -0.3 is 14.6 Å². The summed E-state index contributed by atoms with van der Waals surface area (Å²) in [5, 5.41) is 22.2. The van der Waals surface area contributed by atoms with Crippen molar-refractivity contribution in [2.24, 2.45) is 7.05 Å². The Balaban J connectivity index is 1.28. The number of ether oxygens (including phenoxy) is 2. The molecule has 2 heterocycles. The molecule has 1 fully saturated rings. The van der Waals surface area contributed by atoms with E-state index in [0.717, 1.165) is 27.8 Å². The minimum Gasteiger partial charge on any atom is -0.392 e. The number of hydrogen-bond acceptors (Lipinski definition) is 9. The molecule has 0 saturated carbocycles. The van der Waals surface area contributed by atoms with E-state index in [1.807, 2.05) is 66.7 Å². The number of nitrogens with one attached hydrogen (secondary N) is 1. The van der Waals surface area contributed by atoms with Crippen LogP contribution in [0.25, 0.3) is 0 Å². The fourth-order valence-electron chi connectivity index (χ4n) is 5.31. The maximum absolute atomic E-state index is 12.7. The fourth-order valence-corrected chi connectivity index (χ4v) is 7.26. The van der Waals surface area contributed by atoms with Gasteiger partial charge in [0.2, 0.25) is 15.2 Å². The number of tetrazole rings is 1. The molecule has 2 N–H and O–H groups in total. The van der Waals surface area contributed by atoms with Gasteiger partial charge in [0.15, 0.2) is 6.29 Å². The number of aliphatic hydroxyl groups is 1. The molecule has 5 aromatic rings. The van der Waals surface area contributed by atoms with E-state index in [9.17, 15) is 13.5 Å². The van der Waals surface area contributed by atoms with Crippen LogP contribution in [0.1, 0.15) is 46.1 Å². The number of hydrogen-bond donors (Lipinski definition) is 2. The number of benzene rings is 4. The molecular weight excluding hydrogens is 611 g/mol. The highest BCUT2D eigenvalue weighted by molar-refractivity contribution is 7.99. The first-order valence-electron chi connectivity index (χ1n) is 14.5. The highest BCUT2D eigenvalue weighted by Gasteiger charge is 2.42. The van der Waals surface area contributed by atoms with Crippen LogP contribution in [-0.2, 0) is 39.7 Å². The van der Waals surface area contributed by atoms with Crippen LogP contribution in [0.4, 0.5) is 0 Å². The lowest BCUT2D eigenvalue weighted by Crippen LogP contribution is -2.38. The molecule has 45 heavy (non-hydrogen) atoms. The predicted molar refractivity (Wildman–Crippen MR) is 169 cm³/mol. The molecule has 12 heteroatoms. The Morgan fingerprint density at radius 2 is 1.47 bits per heavy atom. The SMILES string of the molecule is Cn1nnnc1SCC1OC(c2ccc(CNS(=O)(=O)c3ccccc3)cc2)OC(c2ccc(CO)cc2)C1c1ccccc1. The number of rotatable bonds is 11. The maximum atomic E-state index is 12.7. The average Bonchev–Trinajstić information content (AvgIpc) is 3.51. The molecule has 1 aliphatic heterocycles. The van der Waals surface area contributed by atoms with Crippen LogP contribution >= 0.6 is 11.8 Å². The molecule has 0 bridgehead atoms. The summed E-state index contributed by atoms with van der Waals surface area (Å²) in [7, 11) is -1.83. The first kappa shape index (κ1) is 31.1. The highest BCUT2D eigenvalue weighted by Crippen LogP contribution is 2.47. The summed E-state index contributed by atoms with van der Waals surface area (Å²) in [6, 6.07) is 33.8. The van der Waals surface area contributed by atoms with Crippen molar-refractivity contribution >= 4 is 21.8 Å². The second kappa shape index (κ2) is 14.0. The third-order valence-corrected chi connectivity index (χ3v) is 10.2. The zero-order chi connectivity index (χ0) is 31.2. The molecule has 0 radical (unpaired) electrons. The van der Waals surface area contributed by atoms with Gasteiger partial charge in [0.25, 0.3) is 0 Å². The molecule has 4 aromatic carbocycles. The Morgan fingerprint density at radius 3 is 2.11 bits per heavy atom. The van der Waals surface area contributed by atoms with Crippen LogP contribution in [-0.4, -0.2) is 45.6 Å². The summed E-state index contributed by atoms with van der Waals surface area (Å²) in [6.07, 6.45) is -1.34. The molecule has 4 atom stereocenters. The van der Waals surface area contributed by atoms with Crippen LogP contribution < -0.4 is 4.72 Å². The summed E-state index contributed by atoms with van der Waals surface area (Å²) in [6.45, 7) is 0.101. The van der Waals surface area contributed by atoms with Crippen LogP contribution in [0.15, 0.2) is 119 Å². The Hall–Kier alpha value is -3.91. The zero-order valence-corrected chi connectivity index (χ0v) is 26.1. The molecule has 1 aromatic heterocycles. The van der Waals surface area contributed by atoms with Crippen molar-refractivity contribution in [3.8, 4) is 0 Å². The standard InChI is InChI=1S/C33H33N5O5S2/c1-38-33(35-36-37-38)44-22-29-30(25-8-4-2-5-9-25)31(26-16-14-24(21-39)15-17-26)43-32(42-29)27-18-12-23(13-19-27)20-34-45(40,41)28-10-6-3-7-11-28/h2-19,29-32,34,39H,20-22H2,1H3. The quantitative estimate of drug-likeness (QED) is 0.193. The van der Waals surface area contributed by atoms with Crippen molar-refractivity contribution in [1.82, 2.24) is 24.9 Å². The topological polar surface area (TPSA) is 128 Å². The number of sulfonamides is 1. The number of aliphatic hydroxyl groups excluding tert-OH is 1. The van der Waals surface area contributed by atoms with E-state index < -0.39 is 16.3 Å². The van der Waals surface area contributed by atoms with Gasteiger partial charge in [-0.1, -0.05) is 109 Å². The number of nitrogens with zero attached hydrogens (tertiary/aromatic N) is 4. The smallest absolute Gasteiger partial charge is 0.240 e. The van der Waals surface area contributed by atoms with E-state index in [1.165, 1.54) is 11.8 Å². The minimum atomic E-state index is -3.63. The lowest BCUT2D eigenvalue weighted by Gasteiger charge is -2.43.